The van der Waals surface area contributed by atoms with E-state index in [9.17, 15) is 9.59 Å². The quantitative estimate of drug-likeness (QED) is 0.724. The molecule has 2 amide bonds. The SMILES string of the molecule is O=C(CSCC(=O)N1CCOCC1)Nc1nc(-c2ccc(Br)cc2)cs1. The van der Waals surface area contributed by atoms with Gasteiger partial charge in [0.1, 0.15) is 0 Å². The summed E-state index contributed by atoms with van der Waals surface area (Å²) in [5.41, 5.74) is 1.82. The van der Waals surface area contributed by atoms with Crippen LogP contribution in [0, 0.1) is 0 Å². The molecular formula is C17H18BrN3O3S2. The van der Waals surface area contributed by atoms with Gasteiger partial charge in [-0.1, -0.05) is 28.1 Å². The molecule has 0 unspecified atom stereocenters. The molecule has 138 valence electrons. The highest BCUT2D eigenvalue weighted by atomic mass is 79.9. The van der Waals surface area contributed by atoms with Gasteiger partial charge in [-0.25, -0.2) is 4.98 Å². The number of ether oxygens (including phenoxy) is 1. The molecule has 0 radical (unpaired) electrons. The molecule has 0 bridgehead atoms. The van der Waals surface area contributed by atoms with Gasteiger partial charge in [-0.15, -0.1) is 23.1 Å². The predicted octanol–water partition coefficient (Wildman–Crippen LogP) is 3.10. The molecule has 0 atom stereocenters. The number of carbonyl (C=O) groups excluding carboxylic acids is 2. The second-order valence-electron chi connectivity index (χ2n) is 5.58. The van der Waals surface area contributed by atoms with E-state index < -0.39 is 0 Å². The van der Waals surface area contributed by atoms with Gasteiger partial charge in [0.15, 0.2) is 5.13 Å². The lowest BCUT2D eigenvalue weighted by Crippen LogP contribution is -2.41. The van der Waals surface area contributed by atoms with Crippen LogP contribution in [0.3, 0.4) is 0 Å². The van der Waals surface area contributed by atoms with Crippen molar-refractivity contribution in [3.63, 3.8) is 0 Å². The summed E-state index contributed by atoms with van der Waals surface area (Å²) in [6.07, 6.45) is 0. The maximum Gasteiger partial charge on any atom is 0.236 e. The van der Waals surface area contributed by atoms with Crippen LogP contribution in [0.4, 0.5) is 5.13 Å². The monoisotopic (exact) mass is 455 g/mol. The molecule has 6 nitrogen and oxygen atoms in total. The molecule has 1 aromatic carbocycles. The van der Waals surface area contributed by atoms with Crippen LogP contribution in [0.15, 0.2) is 34.1 Å². The standard InChI is InChI=1S/C17H18BrN3O3S2/c18-13-3-1-12(2-4-13)14-9-26-17(19-14)20-15(22)10-25-11-16(23)21-5-7-24-8-6-21/h1-4,9H,5-8,10-11H2,(H,19,20,22). The lowest BCUT2D eigenvalue weighted by Gasteiger charge is -2.26. The van der Waals surface area contributed by atoms with Crippen molar-refractivity contribution in [2.45, 2.75) is 0 Å². The first-order valence-electron chi connectivity index (χ1n) is 8.06. The number of benzene rings is 1. The Morgan fingerprint density at radius 2 is 1.96 bits per heavy atom. The normalized spacial score (nSPS) is 14.3. The Balaban J connectivity index is 1.43. The molecule has 2 aromatic rings. The molecular weight excluding hydrogens is 438 g/mol. The molecule has 1 aliphatic rings. The average Bonchev–Trinajstić information content (AvgIpc) is 3.11. The van der Waals surface area contributed by atoms with E-state index in [2.05, 4.69) is 26.2 Å². The molecule has 1 aromatic heterocycles. The van der Waals surface area contributed by atoms with Gasteiger partial charge in [0.2, 0.25) is 11.8 Å². The molecule has 1 saturated heterocycles. The van der Waals surface area contributed by atoms with Crippen molar-refractivity contribution in [2.75, 3.05) is 43.1 Å². The van der Waals surface area contributed by atoms with Crippen molar-refractivity contribution in [3.05, 3.63) is 34.1 Å². The Morgan fingerprint density at radius 1 is 1.23 bits per heavy atom. The number of anilines is 1. The highest BCUT2D eigenvalue weighted by molar-refractivity contribution is 9.10. The third-order valence-corrected chi connectivity index (χ3v) is 5.92. The molecule has 0 spiro atoms. The Morgan fingerprint density at radius 3 is 2.69 bits per heavy atom. The first-order chi connectivity index (χ1) is 12.6. The van der Waals surface area contributed by atoms with Crippen LogP contribution in [0.5, 0.6) is 0 Å². The minimum Gasteiger partial charge on any atom is -0.378 e. The van der Waals surface area contributed by atoms with Crippen molar-refractivity contribution in [1.82, 2.24) is 9.88 Å². The maximum absolute atomic E-state index is 12.0. The number of aromatic nitrogens is 1. The largest absolute Gasteiger partial charge is 0.378 e. The Labute approximate surface area is 168 Å². The van der Waals surface area contributed by atoms with E-state index in [-0.39, 0.29) is 17.6 Å². The highest BCUT2D eigenvalue weighted by Crippen LogP contribution is 2.26. The fourth-order valence-electron chi connectivity index (χ4n) is 2.37. The van der Waals surface area contributed by atoms with Crippen molar-refractivity contribution >= 4 is 56.0 Å². The van der Waals surface area contributed by atoms with Gasteiger partial charge in [-0.05, 0) is 12.1 Å². The van der Waals surface area contributed by atoms with E-state index in [4.69, 9.17) is 4.74 Å². The van der Waals surface area contributed by atoms with Crippen LogP contribution < -0.4 is 5.32 Å². The average molecular weight is 456 g/mol. The van der Waals surface area contributed by atoms with Crippen LogP contribution >= 0.6 is 39.0 Å². The number of halogens is 1. The van der Waals surface area contributed by atoms with Crippen LogP contribution in [0.1, 0.15) is 0 Å². The summed E-state index contributed by atoms with van der Waals surface area (Å²) in [5.74, 6) is 0.429. The zero-order valence-corrected chi connectivity index (χ0v) is 17.2. The first kappa shape index (κ1) is 19.3. The van der Waals surface area contributed by atoms with Crippen LogP contribution in [-0.4, -0.2) is 59.5 Å². The molecule has 0 aliphatic carbocycles. The number of nitrogens with one attached hydrogen (secondary N) is 1. The molecule has 26 heavy (non-hydrogen) atoms. The van der Waals surface area contributed by atoms with Gasteiger partial charge in [-0.2, -0.15) is 0 Å². The van der Waals surface area contributed by atoms with Crippen molar-refractivity contribution < 1.29 is 14.3 Å². The smallest absolute Gasteiger partial charge is 0.236 e. The number of nitrogens with zero attached hydrogens (tertiary/aromatic N) is 2. The van der Waals surface area contributed by atoms with E-state index in [0.717, 1.165) is 15.7 Å². The van der Waals surface area contributed by atoms with E-state index >= 15 is 0 Å². The zero-order chi connectivity index (χ0) is 18.4. The third kappa shape index (κ3) is 5.54. The highest BCUT2D eigenvalue weighted by Gasteiger charge is 2.17. The predicted molar refractivity (Wildman–Crippen MR) is 109 cm³/mol. The summed E-state index contributed by atoms with van der Waals surface area (Å²) in [4.78, 5) is 30.3. The summed E-state index contributed by atoms with van der Waals surface area (Å²) >= 11 is 6.11. The molecule has 1 fully saturated rings. The van der Waals surface area contributed by atoms with Crippen LogP contribution in [0.25, 0.3) is 11.3 Å². The number of rotatable bonds is 6. The summed E-state index contributed by atoms with van der Waals surface area (Å²) in [5, 5.41) is 5.26. The van der Waals surface area contributed by atoms with Gasteiger partial charge < -0.3 is 15.0 Å². The van der Waals surface area contributed by atoms with E-state index in [0.29, 0.717) is 37.2 Å². The number of thioether (sulfide) groups is 1. The van der Waals surface area contributed by atoms with E-state index in [1.54, 1.807) is 4.90 Å². The Hall–Kier alpha value is -1.42. The second-order valence-corrected chi connectivity index (χ2v) is 8.34. The Bertz CT molecular complexity index is 761. The number of thiazole rings is 1. The van der Waals surface area contributed by atoms with Crippen molar-refractivity contribution in [1.29, 1.82) is 0 Å². The fraction of sp³-hybridized carbons (Fsp3) is 0.353. The van der Waals surface area contributed by atoms with Crippen LogP contribution in [-0.2, 0) is 14.3 Å². The molecule has 2 heterocycles. The second kappa shape index (κ2) is 9.50. The first-order valence-corrected chi connectivity index (χ1v) is 10.9. The third-order valence-electron chi connectivity index (χ3n) is 3.71. The molecule has 3 rings (SSSR count). The minimum atomic E-state index is -0.151. The Kier molecular flexibility index (Phi) is 7.07. The number of morpholine rings is 1. The maximum atomic E-state index is 12.0. The van der Waals surface area contributed by atoms with Gasteiger partial charge in [0.05, 0.1) is 30.4 Å². The number of carbonyl (C=O) groups is 2. The lowest BCUT2D eigenvalue weighted by molar-refractivity contribution is -0.132. The minimum absolute atomic E-state index is 0.0536. The molecule has 9 heteroatoms. The zero-order valence-electron chi connectivity index (χ0n) is 13.9. The van der Waals surface area contributed by atoms with Gasteiger partial charge in [0.25, 0.3) is 0 Å². The lowest BCUT2D eigenvalue weighted by atomic mass is 10.2. The van der Waals surface area contributed by atoms with E-state index in [1.165, 1.54) is 23.1 Å². The van der Waals surface area contributed by atoms with Gasteiger partial charge >= 0.3 is 0 Å². The van der Waals surface area contributed by atoms with Gasteiger partial charge in [-0.3, -0.25) is 9.59 Å². The molecule has 1 aliphatic heterocycles. The number of hydrogen-bond acceptors (Lipinski definition) is 6. The topological polar surface area (TPSA) is 71.5 Å². The summed E-state index contributed by atoms with van der Waals surface area (Å²) in [6, 6.07) is 7.85. The number of amides is 2. The molecule has 1 N–H and O–H groups in total. The van der Waals surface area contributed by atoms with E-state index in [1.807, 2.05) is 29.6 Å². The van der Waals surface area contributed by atoms with Crippen LogP contribution in [0.2, 0.25) is 0 Å². The van der Waals surface area contributed by atoms with Crippen molar-refractivity contribution in [2.24, 2.45) is 0 Å². The van der Waals surface area contributed by atoms with Crippen molar-refractivity contribution in [3.8, 4) is 11.3 Å². The summed E-state index contributed by atoms with van der Waals surface area (Å²) in [7, 11) is 0. The summed E-state index contributed by atoms with van der Waals surface area (Å²) in [6.45, 7) is 2.43. The molecule has 0 saturated carbocycles. The van der Waals surface area contributed by atoms with Gasteiger partial charge in [0, 0.05) is 28.5 Å². The summed E-state index contributed by atoms with van der Waals surface area (Å²) < 4.78 is 6.23. The number of hydrogen-bond donors (Lipinski definition) is 1. The fourth-order valence-corrected chi connectivity index (χ4v) is 4.09.